The lowest BCUT2D eigenvalue weighted by Gasteiger charge is -2.11. The highest BCUT2D eigenvalue weighted by Gasteiger charge is 2.01. The fraction of sp³-hybridized carbons (Fsp3) is 0.278. The summed E-state index contributed by atoms with van der Waals surface area (Å²) >= 11 is 5.29. The molecule has 0 saturated heterocycles. The molecule has 116 valence electrons. The van der Waals surface area contributed by atoms with Crippen LogP contribution >= 0.6 is 12.2 Å². The normalized spacial score (nSPS) is 10.1. The molecule has 0 fully saturated rings. The molecule has 0 bridgehead atoms. The van der Waals surface area contributed by atoms with Crippen molar-refractivity contribution in [1.82, 2.24) is 10.6 Å². The van der Waals surface area contributed by atoms with Gasteiger partial charge in [0.05, 0.1) is 7.11 Å². The molecule has 0 aliphatic heterocycles. The third kappa shape index (κ3) is 5.04. The van der Waals surface area contributed by atoms with E-state index in [2.05, 4.69) is 41.8 Å². The van der Waals surface area contributed by atoms with E-state index in [4.69, 9.17) is 17.0 Å². The number of hydrogen-bond donors (Lipinski definition) is 2. The van der Waals surface area contributed by atoms with E-state index in [1.165, 1.54) is 11.1 Å². The van der Waals surface area contributed by atoms with E-state index in [0.717, 1.165) is 30.8 Å². The summed E-state index contributed by atoms with van der Waals surface area (Å²) in [5, 5.41) is 7.14. The van der Waals surface area contributed by atoms with Crippen molar-refractivity contribution in [3.8, 4) is 5.75 Å². The predicted molar refractivity (Wildman–Crippen MR) is 95.3 cm³/mol. The maximum Gasteiger partial charge on any atom is 0.166 e. The molecule has 0 atom stereocenters. The molecule has 2 aromatic rings. The second-order valence-corrected chi connectivity index (χ2v) is 5.56. The SMILES string of the molecule is COc1ccc(CCNC(=S)NCc2ccccc2)cc1C. The molecule has 0 aliphatic rings. The van der Waals surface area contributed by atoms with Crippen LogP contribution in [0, 0.1) is 6.92 Å². The molecular weight excluding hydrogens is 292 g/mol. The minimum atomic E-state index is 0.689. The van der Waals surface area contributed by atoms with Crippen LogP contribution in [0.1, 0.15) is 16.7 Å². The van der Waals surface area contributed by atoms with Gasteiger partial charge in [0, 0.05) is 13.1 Å². The Labute approximate surface area is 137 Å². The Morgan fingerprint density at radius 2 is 1.82 bits per heavy atom. The standard InChI is InChI=1S/C18H22N2OS/c1-14-12-15(8-9-17(14)21-2)10-11-19-18(22)20-13-16-6-4-3-5-7-16/h3-9,12H,10-11,13H2,1-2H3,(H2,19,20,22). The summed E-state index contributed by atoms with van der Waals surface area (Å²) in [4.78, 5) is 0. The second kappa shape index (κ2) is 8.39. The van der Waals surface area contributed by atoms with Gasteiger partial charge in [-0.3, -0.25) is 0 Å². The Bertz CT molecular complexity index is 614. The van der Waals surface area contributed by atoms with Gasteiger partial charge in [-0.25, -0.2) is 0 Å². The molecule has 4 heteroatoms. The zero-order valence-electron chi connectivity index (χ0n) is 13.1. The molecule has 0 radical (unpaired) electrons. The van der Waals surface area contributed by atoms with Gasteiger partial charge in [-0.2, -0.15) is 0 Å². The van der Waals surface area contributed by atoms with Crippen LogP contribution in [0.4, 0.5) is 0 Å². The number of ether oxygens (including phenoxy) is 1. The van der Waals surface area contributed by atoms with Crippen LogP contribution in [0.15, 0.2) is 48.5 Å². The van der Waals surface area contributed by atoms with Crippen LogP contribution in [-0.2, 0) is 13.0 Å². The summed E-state index contributed by atoms with van der Waals surface area (Å²) in [6, 6.07) is 16.5. The van der Waals surface area contributed by atoms with E-state index in [-0.39, 0.29) is 0 Å². The number of nitrogens with one attached hydrogen (secondary N) is 2. The molecule has 0 saturated carbocycles. The molecule has 0 spiro atoms. The van der Waals surface area contributed by atoms with Crippen molar-refractivity contribution >= 4 is 17.3 Å². The fourth-order valence-electron chi connectivity index (χ4n) is 2.26. The van der Waals surface area contributed by atoms with Crippen LogP contribution < -0.4 is 15.4 Å². The molecule has 0 heterocycles. The van der Waals surface area contributed by atoms with Crippen molar-refractivity contribution in [1.29, 1.82) is 0 Å². The smallest absolute Gasteiger partial charge is 0.166 e. The summed E-state index contributed by atoms with van der Waals surface area (Å²) < 4.78 is 5.27. The van der Waals surface area contributed by atoms with Gasteiger partial charge >= 0.3 is 0 Å². The van der Waals surface area contributed by atoms with Gasteiger partial charge < -0.3 is 15.4 Å². The van der Waals surface area contributed by atoms with Crippen LogP contribution in [0.25, 0.3) is 0 Å². The summed E-state index contributed by atoms with van der Waals surface area (Å²) in [6.45, 7) is 3.61. The van der Waals surface area contributed by atoms with E-state index in [0.29, 0.717) is 5.11 Å². The largest absolute Gasteiger partial charge is 0.496 e. The first-order valence-corrected chi connectivity index (χ1v) is 7.79. The molecule has 22 heavy (non-hydrogen) atoms. The average Bonchev–Trinajstić information content (AvgIpc) is 2.54. The topological polar surface area (TPSA) is 33.3 Å². The Morgan fingerprint density at radius 1 is 1.05 bits per heavy atom. The number of aryl methyl sites for hydroxylation is 1. The van der Waals surface area contributed by atoms with Crippen molar-refractivity contribution in [2.75, 3.05) is 13.7 Å². The number of methoxy groups -OCH3 is 1. The summed E-state index contributed by atoms with van der Waals surface area (Å²) in [5.74, 6) is 0.928. The van der Waals surface area contributed by atoms with Gasteiger partial charge in [0.2, 0.25) is 0 Å². The van der Waals surface area contributed by atoms with E-state index in [1.807, 2.05) is 24.3 Å². The van der Waals surface area contributed by atoms with Crippen molar-refractivity contribution in [2.45, 2.75) is 19.9 Å². The molecular formula is C18H22N2OS. The van der Waals surface area contributed by atoms with E-state index in [1.54, 1.807) is 7.11 Å². The number of benzene rings is 2. The highest BCUT2D eigenvalue weighted by molar-refractivity contribution is 7.80. The lowest BCUT2D eigenvalue weighted by atomic mass is 10.1. The average molecular weight is 314 g/mol. The quantitative estimate of drug-likeness (QED) is 0.802. The van der Waals surface area contributed by atoms with Gasteiger partial charge in [-0.15, -0.1) is 0 Å². The predicted octanol–water partition coefficient (Wildman–Crippen LogP) is 3.21. The lowest BCUT2D eigenvalue weighted by molar-refractivity contribution is 0.411. The molecule has 2 aromatic carbocycles. The van der Waals surface area contributed by atoms with Gasteiger partial charge in [-0.1, -0.05) is 42.5 Å². The Hall–Kier alpha value is -2.07. The van der Waals surface area contributed by atoms with Crippen molar-refractivity contribution in [3.63, 3.8) is 0 Å². The number of thiocarbonyl (C=S) groups is 1. The lowest BCUT2D eigenvalue weighted by Crippen LogP contribution is -2.35. The monoisotopic (exact) mass is 314 g/mol. The Kier molecular flexibility index (Phi) is 6.22. The zero-order valence-corrected chi connectivity index (χ0v) is 13.9. The van der Waals surface area contributed by atoms with Crippen LogP contribution in [0.2, 0.25) is 0 Å². The molecule has 2 rings (SSSR count). The van der Waals surface area contributed by atoms with E-state index in [9.17, 15) is 0 Å². The fourth-order valence-corrected chi connectivity index (χ4v) is 2.43. The summed E-state index contributed by atoms with van der Waals surface area (Å²) in [5.41, 5.74) is 3.65. The maximum atomic E-state index is 5.29. The summed E-state index contributed by atoms with van der Waals surface area (Å²) in [7, 11) is 1.69. The zero-order chi connectivity index (χ0) is 15.8. The minimum Gasteiger partial charge on any atom is -0.496 e. The van der Waals surface area contributed by atoms with Crippen LogP contribution in [0.3, 0.4) is 0 Å². The van der Waals surface area contributed by atoms with Gasteiger partial charge in [0.25, 0.3) is 0 Å². The van der Waals surface area contributed by atoms with Crippen molar-refractivity contribution < 1.29 is 4.74 Å². The van der Waals surface area contributed by atoms with Crippen LogP contribution in [0.5, 0.6) is 5.75 Å². The first-order chi connectivity index (χ1) is 10.7. The Balaban J connectivity index is 1.72. The Morgan fingerprint density at radius 3 is 2.50 bits per heavy atom. The molecule has 2 N–H and O–H groups in total. The third-order valence-corrected chi connectivity index (χ3v) is 3.74. The second-order valence-electron chi connectivity index (χ2n) is 5.15. The molecule has 0 amide bonds. The van der Waals surface area contributed by atoms with Crippen LogP contribution in [-0.4, -0.2) is 18.8 Å². The van der Waals surface area contributed by atoms with Gasteiger partial charge in [-0.05, 0) is 48.3 Å². The van der Waals surface area contributed by atoms with Gasteiger partial charge in [0.15, 0.2) is 5.11 Å². The minimum absolute atomic E-state index is 0.689. The van der Waals surface area contributed by atoms with E-state index >= 15 is 0 Å². The molecule has 0 unspecified atom stereocenters. The highest BCUT2D eigenvalue weighted by atomic mass is 32.1. The van der Waals surface area contributed by atoms with Gasteiger partial charge in [0.1, 0.15) is 5.75 Å². The molecule has 0 aliphatic carbocycles. The first-order valence-electron chi connectivity index (χ1n) is 7.38. The highest BCUT2D eigenvalue weighted by Crippen LogP contribution is 2.18. The first kappa shape index (κ1) is 16.3. The molecule has 0 aromatic heterocycles. The number of rotatable bonds is 6. The number of hydrogen-bond acceptors (Lipinski definition) is 2. The van der Waals surface area contributed by atoms with Crippen molar-refractivity contribution in [3.05, 3.63) is 65.2 Å². The van der Waals surface area contributed by atoms with Crippen molar-refractivity contribution in [2.24, 2.45) is 0 Å². The van der Waals surface area contributed by atoms with E-state index < -0.39 is 0 Å². The summed E-state index contributed by atoms with van der Waals surface area (Å²) in [6.07, 6.45) is 0.929. The third-order valence-electron chi connectivity index (χ3n) is 3.45. The maximum absolute atomic E-state index is 5.29. The molecule has 3 nitrogen and oxygen atoms in total.